The molecule has 5 heteroatoms. The summed E-state index contributed by atoms with van der Waals surface area (Å²) in [5.74, 6) is 1.76. The van der Waals surface area contributed by atoms with Crippen LogP contribution >= 0.6 is 0 Å². The van der Waals surface area contributed by atoms with Gasteiger partial charge in [-0.05, 0) is 49.4 Å². The number of nitrogens with one attached hydrogen (secondary N) is 1. The predicted octanol–water partition coefficient (Wildman–Crippen LogP) is 2.74. The monoisotopic (exact) mass is 283 g/mol. The van der Waals surface area contributed by atoms with Crippen LogP contribution in [0.5, 0.6) is 0 Å². The Hall–Kier alpha value is -1.88. The molecule has 0 amide bonds. The molecule has 2 fully saturated rings. The summed E-state index contributed by atoms with van der Waals surface area (Å²) in [6, 6.07) is 6.30. The quantitative estimate of drug-likeness (QED) is 0.918. The summed E-state index contributed by atoms with van der Waals surface area (Å²) < 4.78 is 11.4. The fourth-order valence-electron chi connectivity index (χ4n) is 3.85. The highest BCUT2D eigenvalue weighted by atomic mass is 16.5. The molecule has 5 rings (SSSR count). The summed E-state index contributed by atoms with van der Waals surface area (Å²) in [5.41, 5.74) is 3.57. The maximum Gasteiger partial charge on any atom is 0.257 e. The maximum atomic E-state index is 5.88. The minimum absolute atomic E-state index is 0.296. The molecule has 4 heterocycles. The maximum absolute atomic E-state index is 5.88. The number of rotatable bonds is 2. The highest BCUT2D eigenvalue weighted by molar-refractivity contribution is 5.65. The van der Waals surface area contributed by atoms with Gasteiger partial charge in [0.25, 0.3) is 5.89 Å². The van der Waals surface area contributed by atoms with Gasteiger partial charge in [0, 0.05) is 17.8 Å². The Morgan fingerprint density at radius 2 is 2.24 bits per heavy atom. The molecule has 0 radical (unpaired) electrons. The third-order valence-electron chi connectivity index (χ3n) is 4.94. The van der Waals surface area contributed by atoms with Crippen molar-refractivity contribution in [2.45, 2.75) is 43.8 Å². The molecule has 0 saturated carbocycles. The van der Waals surface area contributed by atoms with Gasteiger partial charge in [-0.1, -0.05) is 5.16 Å². The van der Waals surface area contributed by atoms with Crippen LogP contribution in [0.15, 0.2) is 22.7 Å². The van der Waals surface area contributed by atoms with Crippen molar-refractivity contribution in [3.05, 3.63) is 29.6 Å². The molecule has 3 unspecified atom stereocenters. The third kappa shape index (κ3) is 1.80. The SMILES string of the molecule is c1cc2c(cc1-c1nc(C3CC4CCC3O4)no1)CCN2. The molecule has 2 bridgehead atoms. The zero-order chi connectivity index (χ0) is 13.8. The van der Waals surface area contributed by atoms with Crippen LogP contribution in [0.2, 0.25) is 0 Å². The van der Waals surface area contributed by atoms with Crippen LogP contribution in [-0.4, -0.2) is 28.9 Å². The summed E-state index contributed by atoms with van der Waals surface area (Å²) in [6.07, 6.45) is 5.12. The Balaban J connectivity index is 1.45. The number of anilines is 1. The molecule has 2 saturated heterocycles. The van der Waals surface area contributed by atoms with Crippen molar-refractivity contribution < 1.29 is 9.26 Å². The number of ether oxygens (including phenoxy) is 1. The van der Waals surface area contributed by atoms with Gasteiger partial charge in [-0.3, -0.25) is 0 Å². The molecule has 0 spiro atoms. The molecule has 2 aromatic rings. The highest BCUT2D eigenvalue weighted by Crippen LogP contribution is 2.43. The standard InChI is InChI=1S/C16H17N3O2/c1-3-13-9(5-6-17-13)7-10(1)16-18-15(19-21-16)12-8-11-2-4-14(12)20-11/h1,3,7,11-12,14,17H,2,4-6,8H2. The molecule has 1 aromatic carbocycles. The van der Waals surface area contributed by atoms with E-state index in [1.54, 1.807) is 0 Å². The lowest BCUT2D eigenvalue weighted by Gasteiger charge is -2.13. The lowest BCUT2D eigenvalue weighted by Crippen LogP contribution is -2.15. The minimum Gasteiger partial charge on any atom is -0.384 e. The Bertz CT molecular complexity index is 697. The van der Waals surface area contributed by atoms with Crippen molar-refractivity contribution in [2.24, 2.45) is 0 Å². The molecule has 3 atom stereocenters. The van der Waals surface area contributed by atoms with Crippen molar-refractivity contribution in [2.75, 3.05) is 11.9 Å². The van der Waals surface area contributed by atoms with Crippen LogP contribution in [0.1, 0.15) is 36.6 Å². The van der Waals surface area contributed by atoms with Gasteiger partial charge in [-0.2, -0.15) is 4.98 Å². The molecule has 0 aliphatic carbocycles. The lowest BCUT2D eigenvalue weighted by atomic mass is 9.89. The largest absolute Gasteiger partial charge is 0.384 e. The zero-order valence-corrected chi connectivity index (χ0v) is 11.7. The van der Waals surface area contributed by atoms with Gasteiger partial charge in [0.05, 0.1) is 18.1 Å². The first-order valence-corrected chi connectivity index (χ1v) is 7.73. The number of fused-ring (bicyclic) bond motifs is 3. The number of nitrogens with zero attached hydrogens (tertiary/aromatic N) is 2. The Morgan fingerprint density at radius 1 is 1.24 bits per heavy atom. The topological polar surface area (TPSA) is 60.2 Å². The first-order valence-electron chi connectivity index (χ1n) is 7.73. The summed E-state index contributed by atoms with van der Waals surface area (Å²) >= 11 is 0. The van der Waals surface area contributed by atoms with Gasteiger partial charge in [0.2, 0.25) is 0 Å². The average Bonchev–Trinajstić information content (AvgIpc) is 3.27. The van der Waals surface area contributed by atoms with Gasteiger partial charge in [0.15, 0.2) is 5.82 Å². The zero-order valence-electron chi connectivity index (χ0n) is 11.7. The average molecular weight is 283 g/mol. The van der Waals surface area contributed by atoms with E-state index in [1.807, 2.05) is 6.07 Å². The Kier molecular flexibility index (Phi) is 2.41. The van der Waals surface area contributed by atoms with E-state index in [4.69, 9.17) is 9.26 Å². The van der Waals surface area contributed by atoms with Crippen LogP contribution < -0.4 is 5.32 Å². The second kappa shape index (κ2) is 4.31. The first kappa shape index (κ1) is 11.7. The molecule has 1 N–H and O–H groups in total. The Morgan fingerprint density at radius 3 is 3.10 bits per heavy atom. The van der Waals surface area contributed by atoms with E-state index in [1.165, 1.54) is 17.7 Å². The first-order chi connectivity index (χ1) is 10.4. The van der Waals surface area contributed by atoms with E-state index < -0.39 is 0 Å². The number of hydrogen-bond acceptors (Lipinski definition) is 5. The van der Waals surface area contributed by atoms with E-state index in [0.717, 1.165) is 37.2 Å². The molecule has 1 aromatic heterocycles. The summed E-state index contributed by atoms with van der Waals surface area (Å²) in [5, 5.41) is 7.57. The number of aromatic nitrogens is 2. The summed E-state index contributed by atoms with van der Waals surface area (Å²) in [7, 11) is 0. The van der Waals surface area contributed by atoms with E-state index in [0.29, 0.717) is 24.0 Å². The van der Waals surface area contributed by atoms with E-state index in [2.05, 4.69) is 27.6 Å². The van der Waals surface area contributed by atoms with Crippen molar-refractivity contribution in [3.63, 3.8) is 0 Å². The highest BCUT2D eigenvalue weighted by Gasteiger charge is 2.43. The molecular weight excluding hydrogens is 266 g/mol. The van der Waals surface area contributed by atoms with E-state index in [9.17, 15) is 0 Å². The van der Waals surface area contributed by atoms with E-state index >= 15 is 0 Å². The van der Waals surface area contributed by atoms with Crippen LogP contribution in [0, 0.1) is 0 Å². The van der Waals surface area contributed by atoms with Gasteiger partial charge in [-0.15, -0.1) is 0 Å². The van der Waals surface area contributed by atoms with E-state index in [-0.39, 0.29) is 0 Å². The summed E-state index contributed by atoms with van der Waals surface area (Å²) in [4.78, 5) is 4.63. The van der Waals surface area contributed by atoms with Crippen LogP contribution in [0.4, 0.5) is 5.69 Å². The fourth-order valence-corrected chi connectivity index (χ4v) is 3.85. The number of hydrogen-bond donors (Lipinski definition) is 1. The number of benzene rings is 1. The fraction of sp³-hybridized carbons (Fsp3) is 0.500. The molecule has 5 nitrogen and oxygen atoms in total. The minimum atomic E-state index is 0.296. The van der Waals surface area contributed by atoms with Gasteiger partial charge in [-0.25, -0.2) is 0 Å². The normalized spacial score (nSPS) is 29.6. The van der Waals surface area contributed by atoms with Crippen molar-refractivity contribution in [1.82, 2.24) is 10.1 Å². The van der Waals surface area contributed by atoms with Crippen molar-refractivity contribution >= 4 is 5.69 Å². The molecule has 3 aliphatic rings. The lowest BCUT2D eigenvalue weighted by molar-refractivity contribution is 0.0996. The van der Waals surface area contributed by atoms with Crippen LogP contribution in [-0.2, 0) is 11.2 Å². The summed E-state index contributed by atoms with van der Waals surface area (Å²) in [6.45, 7) is 1.01. The molecule has 3 aliphatic heterocycles. The second-order valence-corrected chi connectivity index (χ2v) is 6.22. The van der Waals surface area contributed by atoms with Crippen molar-refractivity contribution in [3.8, 4) is 11.5 Å². The van der Waals surface area contributed by atoms with Crippen molar-refractivity contribution in [1.29, 1.82) is 0 Å². The smallest absolute Gasteiger partial charge is 0.257 e. The Labute approximate surface area is 122 Å². The van der Waals surface area contributed by atoms with Gasteiger partial charge in [0.1, 0.15) is 0 Å². The van der Waals surface area contributed by atoms with Crippen LogP contribution in [0.25, 0.3) is 11.5 Å². The van der Waals surface area contributed by atoms with Gasteiger partial charge < -0.3 is 14.6 Å². The molecular formula is C16H17N3O2. The predicted molar refractivity (Wildman–Crippen MR) is 77.2 cm³/mol. The van der Waals surface area contributed by atoms with Gasteiger partial charge >= 0.3 is 0 Å². The second-order valence-electron chi connectivity index (χ2n) is 6.22. The molecule has 21 heavy (non-hydrogen) atoms. The van der Waals surface area contributed by atoms with Crippen LogP contribution in [0.3, 0.4) is 0 Å². The molecule has 108 valence electrons. The third-order valence-corrected chi connectivity index (χ3v) is 4.94.